The first-order valence-corrected chi connectivity index (χ1v) is 6.72. The summed E-state index contributed by atoms with van der Waals surface area (Å²) in [4.78, 5) is 4.30. The minimum Gasteiger partial charge on any atom is -0.339 e. The van der Waals surface area contributed by atoms with Crippen LogP contribution in [0.25, 0.3) is 0 Å². The summed E-state index contributed by atoms with van der Waals surface area (Å²) in [6, 6.07) is 7.60. The van der Waals surface area contributed by atoms with Gasteiger partial charge in [-0.15, -0.1) is 11.6 Å². The molecule has 96 valence electrons. The number of hydrogen-bond donors (Lipinski definition) is 0. The molecule has 0 N–H and O–H groups in total. The summed E-state index contributed by atoms with van der Waals surface area (Å²) in [6.07, 6.45) is 2.36. The summed E-state index contributed by atoms with van der Waals surface area (Å²) in [5.41, 5.74) is 0.969. The van der Waals surface area contributed by atoms with Crippen molar-refractivity contribution in [3.63, 3.8) is 0 Å². The van der Waals surface area contributed by atoms with Crippen molar-refractivity contribution >= 4 is 23.2 Å². The molecular formula is C13H14Cl2N2O. The molecule has 1 atom stereocenters. The van der Waals surface area contributed by atoms with Crippen molar-refractivity contribution in [2.75, 3.05) is 0 Å². The van der Waals surface area contributed by atoms with Crippen LogP contribution in [0.15, 0.2) is 28.8 Å². The number of halogens is 2. The van der Waals surface area contributed by atoms with Crippen LogP contribution in [0.4, 0.5) is 0 Å². The van der Waals surface area contributed by atoms with Gasteiger partial charge in [-0.1, -0.05) is 48.3 Å². The van der Waals surface area contributed by atoms with Crippen LogP contribution in [-0.4, -0.2) is 10.1 Å². The molecule has 1 aromatic carbocycles. The van der Waals surface area contributed by atoms with Gasteiger partial charge >= 0.3 is 0 Å². The van der Waals surface area contributed by atoms with Gasteiger partial charge in [-0.05, 0) is 18.1 Å². The summed E-state index contributed by atoms with van der Waals surface area (Å²) >= 11 is 12.2. The fraction of sp³-hybridized carbons (Fsp3) is 0.385. The van der Waals surface area contributed by atoms with Crippen LogP contribution >= 0.6 is 23.2 Å². The van der Waals surface area contributed by atoms with Crippen molar-refractivity contribution in [3.05, 3.63) is 46.6 Å². The average molecular weight is 285 g/mol. The van der Waals surface area contributed by atoms with Crippen LogP contribution in [-0.2, 0) is 6.42 Å². The van der Waals surface area contributed by atoms with Gasteiger partial charge in [0.1, 0.15) is 0 Å². The molecule has 0 bridgehead atoms. The van der Waals surface area contributed by atoms with Crippen molar-refractivity contribution < 1.29 is 4.52 Å². The zero-order valence-corrected chi connectivity index (χ0v) is 11.6. The number of alkyl halides is 1. The molecule has 0 saturated carbocycles. The summed E-state index contributed by atoms with van der Waals surface area (Å²) in [5, 5.41) is 4.42. The van der Waals surface area contributed by atoms with Gasteiger partial charge in [-0.3, -0.25) is 0 Å². The van der Waals surface area contributed by atoms with E-state index >= 15 is 0 Å². The Kier molecular flexibility index (Phi) is 4.61. The van der Waals surface area contributed by atoms with Gasteiger partial charge in [-0.25, -0.2) is 0 Å². The molecule has 1 heterocycles. The fourth-order valence-electron chi connectivity index (χ4n) is 1.65. The highest BCUT2D eigenvalue weighted by molar-refractivity contribution is 6.31. The minimum atomic E-state index is -0.182. The number of aromatic nitrogens is 2. The maximum Gasteiger partial charge on any atom is 0.231 e. The molecule has 5 heteroatoms. The van der Waals surface area contributed by atoms with Crippen LogP contribution < -0.4 is 0 Å². The van der Waals surface area contributed by atoms with Crippen molar-refractivity contribution in [1.29, 1.82) is 0 Å². The van der Waals surface area contributed by atoms with Gasteiger partial charge in [0.2, 0.25) is 5.89 Å². The molecule has 0 fully saturated rings. The van der Waals surface area contributed by atoms with Gasteiger partial charge < -0.3 is 4.52 Å². The predicted octanol–water partition coefficient (Wildman–Crippen LogP) is 4.39. The third-order valence-corrected chi connectivity index (χ3v) is 3.39. The third kappa shape index (κ3) is 3.24. The Morgan fingerprint density at radius 1 is 1.33 bits per heavy atom. The lowest BCUT2D eigenvalue weighted by molar-refractivity contribution is 0.378. The first kappa shape index (κ1) is 13.4. The van der Waals surface area contributed by atoms with Gasteiger partial charge in [0.05, 0.1) is 11.8 Å². The van der Waals surface area contributed by atoms with E-state index in [0.29, 0.717) is 23.2 Å². The zero-order chi connectivity index (χ0) is 13.0. The number of hydrogen-bond acceptors (Lipinski definition) is 3. The molecule has 2 rings (SSSR count). The lowest BCUT2D eigenvalue weighted by Gasteiger charge is -2.00. The van der Waals surface area contributed by atoms with Gasteiger partial charge in [0.25, 0.3) is 0 Å². The molecular weight excluding hydrogens is 271 g/mol. The Labute approximate surface area is 116 Å². The Bertz CT molecular complexity index is 513. The molecule has 0 aliphatic heterocycles. The molecule has 0 amide bonds. The largest absolute Gasteiger partial charge is 0.339 e. The van der Waals surface area contributed by atoms with Crippen LogP contribution in [0.2, 0.25) is 5.02 Å². The van der Waals surface area contributed by atoms with E-state index in [1.807, 2.05) is 24.3 Å². The normalized spacial score (nSPS) is 12.6. The van der Waals surface area contributed by atoms with Gasteiger partial charge in [0, 0.05) is 5.02 Å². The maximum absolute atomic E-state index is 6.14. The predicted molar refractivity (Wildman–Crippen MR) is 72.1 cm³/mol. The second-order valence-corrected chi connectivity index (χ2v) is 5.00. The van der Waals surface area contributed by atoms with E-state index in [1.54, 1.807) is 0 Å². The van der Waals surface area contributed by atoms with Crippen molar-refractivity contribution in [1.82, 2.24) is 10.1 Å². The Hall–Kier alpha value is -1.06. The molecule has 0 saturated heterocycles. The highest BCUT2D eigenvalue weighted by Crippen LogP contribution is 2.24. The number of nitrogens with zero attached hydrogens (tertiary/aromatic N) is 2. The lowest BCUT2D eigenvalue weighted by Crippen LogP contribution is -1.94. The molecule has 1 aromatic heterocycles. The molecule has 0 aliphatic rings. The molecule has 1 unspecified atom stereocenters. The van der Waals surface area contributed by atoms with E-state index < -0.39 is 0 Å². The minimum absolute atomic E-state index is 0.182. The van der Waals surface area contributed by atoms with Crippen LogP contribution in [0.5, 0.6) is 0 Å². The van der Waals surface area contributed by atoms with Crippen LogP contribution in [0.3, 0.4) is 0 Å². The van der Waals surface area contributed by atoms with E-state index in [4.69, 9.17) is 27.7 Å². The summed E-state index contributed by atoms with van der Waals surface area (Å²) < 4.78 is 5.19. The van der Waals surface area contributed by atoms with E-state index in [-0.39, 0.29) is 5.38 Å². The fourth-order valence-corrected chi connectivity index (χ4v) is 2.16. The van der Waals surface area contributed by atoms with Crippen LogP contribution in [0, 0.1) is 0 Å². The zero-order valence-electron chi connectivity index (χ0n) is 10.1. The third-order valence-electron chi connectivity index (χ3n) is 2.61. The Balaban J connectivity index is 2.09. The number of rotatable bonds is 5. The SMILES string of the molecule is CCCC(Cl)c1noc(Cc2ccccc2Cl)n1. The van der Waals surface area contributed by atoms with E-state index in [9.17, 15) is 0 Å². The molecule has 2 aromatic rings. The Morgan fingerprint density at radius 3 is 2.83 bits per heavy atom. The van der Waals surface area contributed by atoms with E-state index in [2.05, 4.69) is 17.1 Å². The lowest BCUT2D eigenvalue weighted by atomic mass is 10.1. The van der Waals surface area contributed by atoms with Crippen LogP contribution in [0.1, 0.15) is 42.4 Å². The summed E-state index contributed by atoms with van der Waals surface area (Å²) in [6.45, 7) is 2.07. The highest BCUT2D eigenvalue weighted by atomic mass is 35.5. The molecule has 18 heavy (non-hydrogen) atoms. The van der Waals surface area contributed by atoms with E-state index in [0.717, 1.165) is 18.4 Å². The first-order valence-electron chi connectivity index (χ1n) is 5.90. The van der Waals surface area contributed by atoms with Crippen molar-refractivity contribution in [2.24, 2.45) is 0 Å². The van der Waals surface area contributed by atoms with Gasteiger partial charge in [0.15, 0.2) is 5.82 Å². The topological polar surface area (TPSA) is 38.9 Å². The standard InChI is InChI=1S/C13H14Cl2N2O/c1-2-5-11(15)13-16-12(18-17-13)8-9-6-3-4-7-10(9)14/h3-4,6-7,11H,2,5,8H2,1H3. The first-order chi connectivity index (χ1) is 8.70. The van der Waals surface area contributed by atoms with E-state index in [1.165, 1.54) is 0 Å². The molecule has 0 aliphatic carbocycles. The number of benzene rings is 1. The summed E-state index contributed by atoms with van der Waals surface area (Å²) in [7, 11) is 0. The molecule has 0 radical (unpaired) electrons. The van der Waals surface area contributed by atoms with Crippen molar-refractivity contribution in [3.8, 4) is 0 Å². The second kappa shape index (κ2) is 6.21. The molecule has 0 spiro atoms. The quantitative estimate of drug-likeness (QED) is 0.764. The molecule has 3 nitrogen and oxygen atoms in total. The van der Waals surface area contributed by atoms with Gasteiger partial charge in [-0.2, -0.15) is 4.98 Å². The second-order valence-electron chi connectivity index (χ2n) is 4.07. The van der Waals surface area contributed by atoms with Crippen molar-refractivity contribution in [2.45, 2.75) is 31.6 Å². The monoisotopic (exact) mass is 284 g/mol. The Morgan fingerprint density at radius 2 is 2.11 bits per heavy atom. The highest BCUT2D eigenvalue weighted by Gasteiger charge is 2.15. The maximum atomic E-state index is 6.14. The smallest absolute Gasteiger partial charge is 0.231 e. The summed E-state index contributed by atoms with van der Waals surface area (Å²) in [5.74, 6) is 1.10. The average Bonchev–Trinajstić information content (AvgIpc) is 2.81.